The minimum Gasteiger partial charge on any atom is -0.395 e. The summed E-state index contributed by atoms with van der Waals surface area (Å²) < 4.78 is 0. The maximum Gasteiger partial charge on any atom is 0.0556 e. The second-order valence-electron chi connectivity index (χ2n) is 2.37. The van der Waals surface area contributed by atoms with Crippen LogP contribution >= 0.6 is 11.6 Å². The van der Waals surface area contributed by atoms with Crippen molar-refractivity contribution in [2.75, 3.05) is 13.2 Å². The fourth-order valence-corrected chi connectivity index (χ4v) is 1.02. The van der Waals surface area contributed by atoms with Crippen molar-refractivity contribution in [2.24, 2.45) is 0 Å². The SMILES string of the molecule is OCCNCc1cc(Cl)ccn1. The number of nitrogens with zero attached hydrogens (tertiary/aromatic N) is 1. The van der Waals surface area contributed by atoms with Crippen LogP contribution in [-0.4, -0.2) is 23.2 Å². The Bertz CT molecular complexity index is 242. The molecule has 0 bridgehead atoms. The van der Waals surface area contributed by atoms with Crippen LogP contribution in [0.2, 0.25) is 5.02 Å². The van der Waals surface area contributed by atoms with Crippen molar-refractivity contribution in [1.82, 2.24) is 10.3 Å². The smallest absolute Gasteiger partial charge is 0.0556 e. The van der Waals surface area contributed by atoms with Crippen LogP contribution in [0.25, 0.3) is 0 Å². The molecule has 1 aromatic heterocycles. The van der Waals surface area contributed by atoms with E-state index in [4.69, 9.17) is 16.7 Å². The quantitative estimate of drug-likeness (QED) is 0.685. The molecular formula is C8H11ClN2O. The lowest BCUT2D eigenvalue weighted by molar-refractivity contribution is 0.291. The third kappa shape index (κ3) is 3.17. The van der Waals surface area contributed by atoms with Crippen molar-refractivity contribution >= 4 is 11.6 Å². The summed E-state index contributed by atoms with van der Waals surface area (Å²) in [5.41, 5.74) is 0.885. The lowest BCUT2D eigenvalue weighted by atomic mass is 10.3. The lowest BCUT2D eigenvalue weighted by Crippen LogP contribution is -2.18. The second-order valence-corrected chi connectivity index (χ2v) is 2.80. The highest BCUT2D eigenvalue weighted by atomic mass is 35.5. The molecule has 0 aliphatic rings. The van der Waals surface area contributed by atoms with Crippen LogP contribution in [0.1, 0.15) is 5.69 Å². The first-order valence-electron chi connectivity index (χ1n) is 3.75. The summed E-state index contributed by atoms with van der Waals surface area (Å²) in [6.45, 7) is 1.36. The summed E-state index contributed by atoms with van der Waals surface area (Å²) in [5.74, 6) is 0. The number of rotatable bonds is 4. The van der Waals surface area contributed by atoms with Gasteiger partial charge in [0, 0.05) is 24.3 Å². The minimum absolute atomic E-state index is 0.139. The Hall–Kier alpha value is -0.640. The Balaban J connectivity index is 2.41. The van der Waals surface area contributed by atoms with Crippen molar-refractivity contribution in [2.45, 2.75) is 6.54 Å². The van der Waals surface area contributed by atoms with Crippen LogP contribution in [0.3, 0.4) is 0 Å². The molecule has 0 atom stereocenters. The van der Waals surface area contributed by atoms with E-state index >= 15 is 0 Å². The number of halogens is 1. The van der Waals surface area contributed by atoms with Gasteiger partial charge in [0.15, 0.2) is 0 Å². The van der Waals surface area contributed by atoms with Gasteiger partial charge in [0.2, 0.25) is 0 Å². The van der Waals surface area contributed by atoms with E-state index < -0.39 is 0 Å². The maximum atomic E-state index is 8.49. The van der Waals surface area contributed by atoms with Crippen LogP contribution in [0, 0.1) is 0 Å². The largest absolute Gasteiger partial charge is 0.395 e. The van der Waals surface area contributed by atoms with Gasteiger partial charge in [-0.05, 0) is 12.1 Å². The highest BCUT2D eigenvalue weighted by Crippen LogP contribution is 2.07. The molecule has 4 heteroatoms. The molecule has 0 spiro atoms. The van der Waals surface area contributed by atoms with Crippen molar-refractivity contribution < 1.29 is 5.11 Å². The molecule has 0 unspecified atom stereocenters. The number of aliphatic hydroxyl groups excluding tert-OH is 1. The predicted octanol–water partition coefficient (Wildman–Crippen LogP) is 0.817. The number of aliphatic hydroxyl groups is 1. The molecule has 66 valence electrons. The molecule has 12 heavy (non-hydrogen) atoms. The normalized spacial score (nSPS) is 10.2. The lowest BCUT2D eigenvalue weighted by Gasteiger charge is -2.01. The van der Waals surface area contributed by atoms with E-state index in [1.54, 1.807) is 18.3 Å². The summed E-state index contributed by atoms with van der Waals surface area (Å²) in [6, 6.07) is 3.53. The Morgan fingerprint density at radius 1 is 1.58 bits per heavy atom. The summed E-state index contributed by atoms with van der Waals surface area (Å²) in [6.07, 6.45) is 1.66. The van der Waals surface area contributed by atoms with E-state index in [-0.39, 0.29) is 6.61 Å². The molecule has 0 aliphatic heterocycles. The summed E-state index contributed by atoms with van der Waals surface area (Å²) in [7, 11) is 0. The van der Waals surface area contributed by atoms with E-state index in [1.165, 1.54) is 0 Å². The molecule has 2 N–H and O–H groups in total. The molecule has 1 rings (SSSR count). The highest BCUT2D eigenvalue weighted by molar-refractivity contribution is 6.30. The number of nitrogens with one attached hydrogen (secondary N) is 1. The Morgan fingerprint density at radius 3 is 3.08 bits per heavy atom. The molecular weight excluding hydrogens is 176 g/mol. The molecule has 1 aromatic rings. The van der Waals surface area contributed by atoms with E-state index in [2.05, 4.69) is 10.3 Å². The van der Waals surface area contributed by atoms with Gasteiger partial charge in [0.05, 0.1) is 12.3 Å². The fourth-order valence-electron chi connectivity index (χ4n) is 0.841. The van der Waals surface area contributed by atoms with Gasteiger partial charge in [0.1, 0.15) is 0 Å². The van der Waals surface area contributed by atoms with Crippen LogP contribution in [0.4, 0.5) is 0 Å². The third-order valence-electron chi connectivity index (χ3n) is 1.37. The monoisotopic (exact) mass is 186 g/mol. The molecule has 3 nitrogen and oxygen atoms in total. The maximum absolute atomic E-state index is 8.49. The van der Waals surface area contributed by atoms with Crippen LogP contribution < -0.4 is 5.32 Å². The molecule has 1 heterocycles. The standard InChI is InChI=1S/C8H11ClN2O/c9-7-1-2-11-8(5-7)6-10-3-4-12/h1-2,5,10,12H,3-4,6H2. The Kier molecular flexibility index (Phi) is 4.00. The zero-order valence-corrected chi connectivity index (χ0v) is 7.38. The summed E-state index contributed by atoms with van der Waals surface area (Å²) in [4.78, 5) is 4.08. The van der Waals surface area contributed by atoms with Gasteiger partial charge >= 0.3 is 0 Å². The van der Waals surface area contributed by atoms with Gasteiger partial charge in [-0.2, -0.15) is 0 Å². The topological polar surface area (TPSA) is 45.1 Å². The fraction of sp³-hybridized carbons (Fsp3) is 0.375. The Morgan fingerprint density at radius 2 is 2.42 bits per heavy atom. The first-order valence-corrected chi connectivity index (χ1v) is 4.12. The van der Waals surface area contributed by atoms with Crippen molar-refractivity contribution in [1.29, 1.82) is 0 Å². The average Bonchev–Trinajstić information content (AvgIpc) is 2.05. The minimum atomic E-state index is 0.139. The van der Waals surface area contributed by atoms with Crippen LogP contribution in [-0.2, 0) is 6.54 Å². The summed E-state index contributed by atoms with van der Waals surface area (Å²) in [5, 5.41) is 12.2. The zero-order chi connectivity index (χ0) is 8.81. The van der Waals surface area contributed by atoms with Crippen molar-refractivity contribution in [3.8, 4) is 0 Å². The van der Waals surface area contributed by atoms with E-state index in [9.17, 15) is 0 Å². The number of hydrogen-bond acceptors (Lipinski definition) is 3. The number of hydrogen-bond donors (Lipinski definition) is 2. The first-order chi connectivity index (χ1) is 5.83. The van der Waals surface area contributed by atoms with Gasteiger partial charge < -0.3 is 10.4 Å². The number of pyridine rings is 1. The third-order valence-corrected chi connectivity index (χ3v) is 1.61. The van der Waals surface area contributed by atoms with Crippen LogP contribution in [0.5, 0.6) is 0 Å². The van der Waals surface area contributed by atoms with Gasteiger partial charge in [-0.1, -0.05) is 11.6 Å². The summed E-state index contributed by atoms with van der Waals surface area (Å²) >= 11 is 5.74. The van der Waals surface area contributed by atoms with E-state index in [0.29, 0.717) is 18.1 Å². The van der Waals surface area contributed by atoms with Gasteiger partial charge in [0.25, 0.3) is 0 Å². The molecule has 0 aromatic carbocycles. The molecule has 0 amide bonds. The van der Waals surface area contributed by atoms with Gasteiger partial charge in [-0.15, -0.1) is 0 Å². The Labute approximate surface area is 76.4 Å². The first kappa shape index (κ1) is 9.45. The molecule has 0 saturated heterocycles. The van der Waals surface area contributed by atoms with Crippen LogP contribution in [0.15, 0.2) is 18.3 Å². The highest BCUT2D eigenvalue weighted by Gasteiger charge is 1.93. The van der Waals surface area contributed by atoms with Gasteiger partial charge in [-0.25, -0.2) is 0 Å². The average molecular weight is 187 g/mol. The van der Waals surface area contributed by atoms with Gasteiger partial charge in [-0.3, -0.25) is 4.98 Å². The van der Waals surface area contributed by atoms with Crippen molar-refractivity contribution in [3.05, 3.63) is 29.0 Å². The molecule has 0 radical (unpaired) electrons. The van der Waals surface area contributed by atoms with E-state index in [1.807, 2.05) is 0 Å². The number of aromatic nitrogens is 1. The van der Waals surface area contributed by atoms with E-state index in [0.717, 1.165) is 5.69 Å². The van der Waals surface area contributed by atoms with Crippen molar-refractivity contribution in [3.63, 3.8) is 0 Å². The molecule has 0 fully saturated rings. The predicted molar refractivity (Wildman–Crippen MR) is 48.0 cm³/mol. The zero-order valence-electron chi connectivity index (χ0n) is 6.63. The second kappa shape index (κ2) is 5.09. The molecule has 0 aliphatic carbocycles. The molecule has 0 saturated carbocycles.